The Morgan fingerprint density at radius 3 is 2.93 bits per heavy atom. The summed E-state index contributed by atoms with van der Waals surface area (Å²) in [6, 6.07) is 6.42. The van der Waals surface area contributed by atoms with Gasteiger partial charge in [0.25, 0.3) is 0 Å². The predicted octanol–water partition coefficient (Wildman–Crippen LogP) is 2.45. The van der Waals surface area contributed by atoms with Crippen LogP contribution in [-0.2, 0) is 0 Å². The van der Waals surface area contributed by atoms with Crippen molar-refractivity contribution in [1.29, 1.82) is 0 Å². The molecule has 1 aliphatic carbocycles. The van der Waals surface area contributed by atoms with E-state index in [2.05, 4.69) is 67.2 Å². The molecule has 3 heteroatoms. The molecule has 15 heavy (non-hydrogen) atoms. The zero-order valence-corrected chi connectivity index (χ0v) is 10.9. The average molecular weight is 325 g/mol. The fraction of sp³-hybridized carbons (Fsp3) is 0.0833. The van der Waals surface area contributed by atoms with Crippen LogP contribution in [0.1, 0.15) is 0 Å². The lowest BCUT2D eigenvalue weighted by molar-refractivity contribution is 1.03. The van der Waals surface area contributed by atoms with E-state index in [-0.39, 0.29) is 6.04 Å². The quantitative estimate of drug-likeness (QED) is 0.695. The van der Waals surface area contributed by atoms with Crippen molar-refractivity contribution < 1.29 is 0 Å². The van der Waals surface area contributed by atoms with Crippen molar-refractivity contribution in [1.82, 2.24) is 0 Å². The van der Waals surface area contributed by atoms with Crippen LogP contribution >= 0.6 is 31.9 Å². The van der Waals surface area contributed by atoms with Crippen molar-refractivity contribution in [3.8, 4) is 0 Å². The van der Waals surface area contributed by atoms with E-state index in [0.29, 0.717) is 0 Å². The molecule has 1 atom stereocenters. The first-order chi connectivity index (χ1) is 7.24. The molecular weight excluding hydrogens is 318 g/mol. The van der Waals surface area contributed by atoms with Gasteiger partial charge < -0.3 is 0 Å². The van der Waals surface area contributed by atoms with E-state index >= 15 is 0 Å². The molecule has 1 nitrogen and oxygen atoms in total. The Morgan fingerprint density at radius 1 is 1.20 bits per heavy atom. The van der Waals surface area contributed by atoms with Gasteiger partial charge in [0.05, 0.1) is 11.4 Å². The molecule has 0 radical (unpaired) electrons. The van der Waals surface area contributed by atoms with Gasteiger partial charge in [-0.2, -0.15) is 0 Å². The second-order valence-corrected chi connectivity index (χ2v) is 5.41. The summed E-state index contributed by atoms with van der Waals surface area (Å²) >= 11 is 6.99. The van der Waals surface area contributed by atoms with Crippen LogP contribution in [0.2, 0.25) is 0 Å². The van der Waals surface area contributed by atoms with Crippen molar-refractivity contribution in [2.45, 2.75) is 6.04 Å². The van der Waals surface area contributed by atoms with Gasteiger partial charge in [-0.15, -0.1) is 0 Å². The molecule has 0 amide bonds. The second kappa shape index (κ2) is 3.42. The van der Waals surface area contributed by atoms with Gasteiger partial charge in [-0.1, -0.05) is 37.9 Å². The summed E-state index contributed by atoms with van der Waals surface area (Å²) in [4.78, 5) is 4.64. The van der Waals surface area contributed by atoms with Gasteiger partial charge in [-0.25, -0.2) is 0 Å². The molecule has 0 bridgehead atoms. The monoisotopic (exact) mass is 323 g/mol. The number of fused-ring (bicyclic) bond motifs is 2. The molecule has 0 aromatic heterocycles. The van der Waals surface area contributed by atoms with Gasteiger partial charge in [0, 0.05) is 14.2 Å². The van der Waals surface area contributed by atoms with Crippen molar-refractivity contribution in [2.24, 2.45) is 4.99 Å². The Labute approximate surface area is 104 Å². The highest BCUT2D eigenvalue weighted by molar-refractivity contribution is 9.12. The second-order valence-electron chi connectivity index (χ2n) is 3.58. The molecule has 0 saturated carbocycles. The maximum atomic E-state index is 4.64. The van der Waals surface area contributed by atoms with Crippen LogP contribution in [0.15, 0.2) is 50.4 Å². The van der Waals surface area contributed by atoms with Crippen molar-refractivity contribution >= 4 is 37.4 Å². The van der Waals surface area contributed by atoms with Crippen LogP contribution in [0.5, 0.6) is 0 Å². The van der Waals surface area contributed by atoms with Gasteiger partial charge in [0.15, 0.2) is 0 Å². The number of halogens is 2. The molecule has 1 heterocycles. The van der Waals surface area contributed by atoms with E-state index in [1.807, 2.05) is 6.07 Å². The highest BCUT2D eigenvalue weighted by Crippen LogP contribution is 2.24. The molecule has 3 rings (SSSR count). The normalized spacial score (nSPS) is 21.9. The Balaban J connectivity index is 2.39. The minimum absolute atomic E-state index is 0.204. The molecule has 1 aliphatic heterocycles. The summed E-state index contributed by atoms with van der Waals surface area (Å²) in [6.45, 7) is 0. The van der Waals surface area contributed by atoms with Gasteiger partial charge in [0.1, 0.15) is 0 Å². The summed E-state index contributed by atoms with van der Waals surface area (Å²) in [5.74, 6) is 0. The molecule has 74 valence electrons. The van der Waals surface area contributed by atoms with E-state index in [1.54, 1.807) is 0 Å². The van der Waals surface area contributed by atoms with Crippen LogP contribution in [0.4, 0.5) is 0 Å². The summed E-state index contributed by atoms with van der Waals surface area (Å²) in [5.41, 5.74) is 1.28. The summed E-state index contributed by atoms with van der Waals surface area (Å²) < 4.78 is 2.21. The highest BCUT2D eigenvalue weighted by atomic mass is 79.9. The third-order valence-corrected chi connectivity index (χ3v) is 3.58. The van der Waals surface area contributed by atoms with Crippen LogP contribution in [0.3, 0.4) is 0 Å². The number of benzene rings is 1. The topological polar surface area (TPSA) is 12.4 Å². The first-order valence-corrected chi connectivity index (χ1v) is 6.26. The van der Waals surface area contributed by atoms with E-state index in [1.165, 1.54) is 10.8 Å². The molecule has 1 aromatic carbocycles. The van der Waals surface area contributed by atoms with Crippen LogP contribution < -0.4 is 10.6 Å². The van der Waals surface area contributed by atoms with E-state index in [9.17, 15) is 0 Å². The Kier molecular flexibility index (Phi) is 2.18. The van der Waals surface area contributed by atoms with E-state index in [0.717, 1.165) is 14.3 Å². The number of rotatable bonds is 0. The van der Waals surface area contributed by atoms with Crippen molar-refractivity contribution in [3.63, 3.8) is 0 Å². The molecule has 1 aromatic rings. The van der Waals surface area contributed by atoms with Crippen molar-refractivity contribution in [2.75, 3.05) is 0 Å². The lowest BCUT2D eigenvalue weighted by Gasteiger charge is -2.09. The zero-order chi connectivity index (χ0) is 10.4. The van der Waals surface area contributed by atoms with Gasteiger partial charge >= 0.3 is 0 Å². The Hall–Kier alpha value is -0.670. The lowest BCUT2D eigenvalue weighted by Crippen LogP contribution is -2.22. The SMILES string of the molecule is BrC1=CC2=c3cc(Br)ccc3=N[C@H]2C=C1. The Bertz CT molecular complexity index is 611. The molecule has 0 fully saturated rings. The standard InChI is InChI=1S/C12H7Br2N/c13-7-1-3-11-9(5-7)10-6-8(14)2-4-12(10)15-11/h1-6,11H/t11-/m0/s1. The summed E-state index contributed by atoms with van der Waals surface area (Å²) in [6.07, 6.45) is 6.32. The fourth-order valence-electron chi connectivity index (χ4n) is 1.92. The smallest absolute Gasteiger partial charge is 0.0948 e. The highest BCUT2D eigenvalue weighted by Gasteiger charge is 2.17. The van der Waals surface area contributed by atoms with Crippen molar-refractivity contribution in [3.05, 3.63) is 56.0 Å². The fourth-order valence-corrected chi connectivity index (χ4v) is 2.68. The van der Waals surface area contributed by atoms with Crippen LogP contribution in [0, 0.1) is 0 Å². The maximum Gasteiger partial charge on any atom is 0.0948 e. The molecule has 0 unspecified atom stereocenters. The number of allylic oxidation sites excluding steroid dienone is 2. The zero-order valence-electron chi connectivity index (χ0n) is 7.74. The molecule has 2 aliphatic rings. The first-order valence-electron chi connectivity index (χ1n) is 4.67. The average Bonchev–Trinajstić information content (AvgIpc) is 2.56. The third kappa shape index (κ3) is 1.54. The molecule has 0 N–H and O–H groups in total. The van der Waals surface area contributed by atoms with E-state index in [4.69, 9.17) is 0 Å². The molecule has 0 spiro atoms. The lowest BCUT2D eigenvalue weighted by atomic mass is 10.0. The molecular formula is C12H7Br2N. The number of nitrogens with zero attached hydrogens (tertiary/aromatic N) is 1. The first kappa shape index (κ1) is 9.55. The Morgan fingerprint density at radius 2 is 2.07 bits per heavy atom. The summed E-state index contributed by atoms with van der Waals surface area (Å²) in [5, 5.41) is 2.32. The predicted molar refractivity (Wildman–Crippen MR) is 68.3 cm³/mol. The largest absolute Gasteiger partial charge is 0.272 e. The third-order valence-electron chi connectivity index (χ3n) is 2.60. The van der Waals surface area contributed by atoms with Gasteiger partial charge in [-0.05, 0) is 35.9 Å². The number of hydrogen-bond donors (Lipinski definition) is 0. The van der Waals surface area contributed by atoms with E-state index < -0.39 is 0 Å². The summed E-state index contributed by atoms with van der Waals surface area (Å²) in [7, 11) is 0. The van der Waals surface area contributed by atoms with Crippen LogP contribution in [-0.4, -0.2) is 6.04 Å². The number of hydrogen-bond acceptors (Lipinski definition) is 1. The minimum atomic E-state index is 0.204. The molecule has 0 saturated heterocycles. The van der Waals surface area contributed by atoms with Gasteiger partial charge in [0.2, 0.25) is 0 Å². The van der Waals surface area contributed by atoms with Crippen LogP contribution in [0.25, 0.3) is 5.57 Å². The maximum absolute atomic E-state index is 4.64. The van der Waals surface area contributed by atoms with Gasteiger partial charge in [-0.3, -0.25) is 4.99 Å². The minimum Gasteiger partial charge on any atom is -0.272 e.